The number of aromatic nitrogens is 2. The first-order valence-electron chi connectivity index (χ1n) is 9.02. The quantitative estimate of drug-likeness (QED) is 0.597. The van der Waals surface area contributed by atoms with E-state index in [1.807, 2.05) is 54.6 Å². The molecule has 5 nitrogen and oxygen atoms in total. The molecule has 0 bridgehead atoms. The van der Waals surface area contributed by atoms with Crippen LogP contribution in [-0.4, -0.2) is 33.7 Å². The van der Waals surface area contributed by atoms with E-state index in [1.54, 1.807) is 6.20 Å². The van der Waals surface area contributed by atoms with Crippen LogP contribution in [0.25, 0.3) is 11.3 Å². The molecular weight excluding hydrogens is 425 g/mol. The van der Waals surface area contributed by atoms with Crippen molar-refractivity contribution in [3.63, 3.8) is 0 Å². The standard InChI is InChI=1S/C21H19BrFN3O2/c22-16-8-6-15(7-9-16)18-11-24-20(25-18)19-10-17(23)12-26(19)21(27)28-13-14-4-2-1-3-5-14/h1-9,11,17,19H,10,12-13H2,(H,24,25)/t17-,19-/m0/s1. The number of hydrogen-bond donors (Lipinski definition) is 1. The molecule has 28 heavy (non-hydrogen) atoms. The molecule has 2 aromatic carbocycles. The molecule has 1 fully saturated rings. The van der Waals surface area contributed by atoms with E-state index in [1.165, 1.54) is 4.90 Å². The van der Waals surface area contributed by atoms with Gasteiger partial charge >= 0.3 is 6.09 Å². The molecule has 3 aromatic rings. The first kappa shape index (κ1) is 18.7. The molecule has 1 aromatic heterocycles. The van der Waals surface area contributed by atoms with Crippen molar-refractivity contribution in [3.05, 3.63) is 76.7 Å². The van der Waals surface area contributed by atoms with Crippen molar-refractivity contribution < 1.29 is 13.9 Å². The molecule has 1 aliphatic heterocycles. The molecule has 2 atom stereocenters. The minimum Gasteiger partial charge on any atom is -0.445 e. The van der Waals surface area contributed by atoms with E-state index >= 15 is 0 Å². The zero-order valence-corrected chi connectivity index (χ0v) is 16.6. The van der Waals surface area contributed by atoms with E-state index < -0.39 is 18.3 Å². The molecule has 4 rings (SSSR count). The van der Waals surface area contributed by atoms with Crippen LogP contribution in [0.1, 0.15) is 23.9 Å². The van der Waals surface area contributed by atoms with Crippen LogP contribution < -0.4 is 0 Å². The monoisotopic (exact) mass is 443 g/mol. The molecule has 0 unspecified atom stereocenters. The van der Waals surface area contributed by atoms with Gasteiger partial charge in [-0.3, -0.25) is 4.90 Å². The lowest BCUT2D eigenvalue weighted by Gasteiger charge is -2.22. The van der Waals surface area contributed by atoms with Crippen molar-refractivity contribution in [3.8, 4) is 11.3 Å². The predicted molar refractivity (Wildman–Crippen MR) is 107 cm³/mol. The maximum absolute atomic E-state index is 14.1. The van der Waals surface area contributed by atoms with Gasteiger partial charge in [0.25, 0.3) is 0 Å². The van der Waals surface area contributed by atoms with Crippen molar-refractivity contribution in [1.29, 1.82) is 0 Å². The summed E-state index contributed by atoms with van der Waals surface area (Å²) >= 11 is 3.41. The Morgan fingerprint density at radius 2 is 1.96 bits per heavy atom. The van der Waals surface area contributed by atoms with Gasteiger partial charge in [-0.2, -0.15) is 0 Å². The fourth-order valence-corrected chi connectivity index (χ4v) is 3.59. The molecule has 1 amide bonds. The number of carbonyl (C=O) groups is 1. The smallest absolute Gasteiger partial charge is 0.410 e. The highest BCUT2D eigenvalue weighted by Gasteiger charge is 2.39. The highest BCUT2D eigenvalue weighted by molar-refractivity contribution is 9.10. The average molecular weight is 444 g/mol. The fourth-order valence-electron chi connectivity index (χ4n) is 3.33. The Morgan fingerprint density at radius 3 is 2.71 bits per heavy atom. The number of benzene rings is 2. The summed E-state index contributed by atoms with van der Waals surface area (Å²) in [7, 11) is 0. The number of ether oxygens (including phenoxy) is 1. The number of likely N-dealkylation sites (tertiary alicyclic amines) is 1. The molecule has 1 saturated heterocycles. The number of carbonyl (C=O) groups excluding carboxylic acids is 1. The zero-order chi connectivity index (χ0) is 19.5. The van der Waals surface area contributed by atoms with Crippen molar-refractivity contribution in [1.82, 2.24) is 14.9 Å². The number of H-pyrrole nitrogens is 1. The third-order valence-corrected chi connectivity index (χ3v) is 5.28. The lowest BCUT2D eigenvalue weighted by Crippen LogP contribution is -2.32. The largest absolute Gasteiger partial charge is 0.445 e. The summed E-state index contributed by atoms with van der Waals surface area (Å²) in [5, 5.41) is 0. The maximum atomic E-state index is 14.1. The van der Waals surface area contributed by atoms with Gasteiger partial charge in [-0.15, -0.1) is 0 Å². The van der Waals surface area contributed by atoms with Crippen molar-refractivity contribution in [2.24, 2.45) is 0 Å². The topological polar surface area (TPSA) is 58.2 Å². The SMILES string of the molecule is O=C(OCc1ccccc1)N1C[C@@H](F)C[C@H]1c1ncc(-c2ccc(Br)cc2)[nH]1. The molecule has 0 saturated carbocycles. The van der Waals surface area contributed by atoms with Gasteiger partial charge in [-0.1, -0.05) is 58.4 Å². The number of aromatic amines is 1. The molecule has 1 N–H and O–H groups in total. The summed E-state index contributed by atoms with van der Waals surface area (Å²) in [6.45, 7) is 0.161. The van der Waals surface area contributed by atoms with Crippen molar-refractivity contribution in [2.75, 3.05) is 6.54 Å². The van der Waals surface area contributed by atoms with Gasteiger partial charge in [-0.05, 0) is 23.3 Å². The maximum Gasteiger partial charge on any atom is 0.410 e. The highest BCUT2D eigenvalue weighted by Crippen LogP contribution is 2.34. The molecule has 1 aliphatic rings. The number of hydrogen-bond acceptors (Lipinski definition) is 3. The highest BCUT2D eigenvalue weighted by atomic mass is 79.9. The Labute approximate surface area is 170 Å². The summed E-state index contributed by atoms with van der Waals surface area (Å²) in [6.07, 6.45) is 0.275. The van der Waals surface area contributed by atoms with E-state index in [9.17, 15) is 9.18 Å². The van der Waals surface area contributed by atoms with Gasteiger partial charge in [0.05, 0.1) is 24.5 Å². The molecule has 0 radical (unpaired) electrons. The van der Waals surface area contributed by atoms with Crippen LogP contribution in [-0.2, 0) is 11.3 Å². The molecule has 0 aliphatic carbocycles. The Bertz CT molecular complexity index is 946. The predicted octanol–water partition coefficient (Wildman–Crippen LogP) is 5.26. The minimum atomic E-state index is -1.10. The summed E-state index contributed by atoms with van der Waals surface area (Å²) in [5.74, 6) is 0.565. The number of nitrogens with zero attached hydrogens (tertiary/aromatic N) is 2. The van der Waals surface area contributed by atoms with Crippen LogP contribution in [0.5, 0.6) is 0 Å². The number of amides is 1. The third-order valence-electron chi connectivity index (χ3n) is 4.76. The van der Waals surface area contributed by atoms with Gasteiger partial charge in [0.15, 0.2) is 0 Å². The molecular formula is C21H19BrFN3O2. The Hall–Kier alpha value is -2.67. The van der Waals surface area contributed by atoms with E-state index in [4.69, 9.17) is 4.74 Å². The van der Waals surface area contributed by atoms with Gasteiger partial charge in [0, 0.05) is 10.9 Å². The summed E-state index contributed by atoms with van der Waals surface area (Å²) in [4.78, 5) is 21.6. The van der Waals surface area contributed by atoms with Gasteiger partial charge < -0.3 is 9.72 Å². The average Bonchev–Trinajstić information content (AvgIpc) is 3.34. The molecule has 144 valence electrons. The summed E-state index contributed by atoms with van der Waals surface area (Å²) in [5.41, 5.74) is 2.68. The van der Waals surface area contributed by atoms with Crippen LogP contribution in [0.2, 0.25) is 0 Å². The first-order chi connectivity index (χ1) is 13.6. The Kier molecular flexibility index (Phi) is 5.43. The Balaban J connectivity index is 1.48. The van der Waals surface area contributed by atoms with E-state index in [0.29, 0.717) is 5.82 Å². The van der Waals surface area contributed by atoms with Crippen molar-refractivity contribution in [2.45, 2.75) is 25.2 Å². The number of halogens is 2. The number of imidazole rings is 1. The second kappa shape index (κ2) is 8.14. The Morgan fingerprint density at radius 1 is 1.21 bits per heavy atom. The van der Waals surface area contributed by atoms with Crippen LogP contribution >= 0.6 is 15.9 Å². The zero-order valence-electron chi connectivity index (χ0n) is 15.0. The van der Waals surface area contributed by atoms with E-state index in [0.717, 1.165) is 21.3 Å². The van der Waals surface area contributed by atoms with Crippen LogP contribution in [0.4, 0.5) is 9.18 Å². The second-order valence-corrected chi connectivity index (χ2v) is 7.65. The lowest BCUT2D eigenvalue weighted by atomic mass is 10.2. The van der Waals surface area contributed by atoms with E-state index in [-0.39, 0.29) is 19.6 Å². The molecule has 7 heteroatoms. The summed E-state index contributed by atoms with van der Waals surface area (Å²) in [6, 6.07) is 16.7. The first-order valence-corrected chi connectivity index (χ1v) is 9.81. The number of rotatable bonds is 4. The third kappa shape index (κ3) is 4.09. The fraction of sp³-hybridized carbons (Fsp3) is 0.238. The number of nitrogens with one attached hydrogen (secondary N) is 1. The van der Waals surface area contributed by atoms with Gasteiger partial charge in [-0.25, -0.2) is 14.2 Å². The second-order valence-electron chi connectivity index (χ2n) is 6.73. The van der Waals surface area contributed by atoms with Crippen LogP contribution in [0.15, 0.2) is 65.3 Å². The minimum absolute atomic E-state index is 0.00655. The molecule has 0 spiro atoms. The van der Waals surface area contributed by atoms with E-state index in [2.05, 4.69) is 25.9 Å². The van der Waals surface area contributed by atoms with Crippen molar-refractivity contribution >= 4 is 22.0 Å². The number of alkyl halides is 1. The summed E-state index contributed by atoms with van der Waals surface area (Å²) < 4.78 is 20.5. The normalized spacial score (nSPS) is 19.0. The molecule has 2 heterocycles. The van der Waals surface area contributed by atoms with Crippen LogP contribution in [0, 0.1) is 0 Å². The van der Waals surface area contributed by atoms with Crippen LogP contribution in [0.3, 0.4) is 0 Å². The lowest BCUT2D eigenvalue weighted by molar-refractivity contribution is 0.0895. The van der Waals surface area contributed by atoms with Gasteiger partial charge in [0.1, 0.15) is 18.6 Å². The van der Waals surface area contributed by atoms with Gasteiger partial charge in [0.2, 0.25) is 0 Å².